The fourth-order valence-corrected chi connectivity index (χ4v) is 6.31. The maximum atomic E-state index is 13.1. The molecule has 4 rings (SSSR count). The van der Waals surface area contributed by atoms with E-state index >= 15 is 0 Å². The van der Waals surface area contributed by atoms with Crippen LogP contribution in [0.15, 0.2) is 47.4 Å². The molecule has 0 radical (unpaired) electrons. The molecule has 2 aromatic carbocycles. The molecular weight excluding hydrogens is 380 g/mol. The Morgan fingerprint density at radius 1 is 1.04 bits per heavy atom. The SMILES string of the molecule is O=S(=O)(c1ccc(Cl)cc1)[C@H]1[C@H](c2ccc3c(c2)OCO3)C1(CO)CO. The van der Waals surface area contributed by atoms with E-state index in [0.29, 0.717) is 22.1 Å². The monoisotopic (exact) mass is 396 g/mol. The lowest BCUT2D eigenvalue weighted by Gasteiger charge is -2.11. The summed E-state index contributed by atoms with van der Waals surface area (Å²) in [6, 6.07) is 11.1. The van der Waals surface area contributed by atoms with Gasteiger partial charge in [-0.1, -0.05) is 17.7 Å². The molecule has 1 aliphatic heterocycles. The summed E-state index contributed by atoms with van der Waals surface area (Å²) < 4.78 is 36.9. The first-order valence-corrected chi connectivity index (χ1v) is 9.97. The predicted octanol–water partition coefficient (Wildman–Crippen LogP) is 1.98. The zero-order valence-electron chi connectivity index (χ0n) is 13.6. The van der Waals surface area contributed by atoms with Crippen LogP contribution in [0, 0.1) is 5.41 Å². The normalized spacial score (nSPS) is 23.0. The van der Waals surface area contributed by atoms with Crippen molar-refractivity contribution in [2.45, 2.75) is 16.1 Å². The van der Waals surface area contributed by atoms with Gasteiger partial charge in [0.2, 0.25) is 6.79 Å². The summed E-state index contributed by atoms with van der Waals surface area (Å²) in [5, 5.41) is 19.3. The Morgan fingerprint density at radius 3 is 2.35 bits per heavy atom. The maximum Gasteiger partial charge on any atom is 0.231 e. The van der Waals surface area contributed by atoms with Gasteiger partial charge in [0.05, 0.1) is 23.4 Å². The van der Waals surface area contributed by atoms with Gasteiger partial charge in [0, 0.05) is 16.4 Å². The summed E-state index contributed by atoms with van der Waals surface area (Å²) in [5.41, 5.74) is -0.466. The van der Waals surface area contributed by atoms with E-state index in [4.69, 9.17) is 21.1 Å². The first-order valence-electron chi connectivity index (χ1n) is 8.05. The molecular formula is C18H17ClO6S. The average molecular weight is 397 g/mol. The van der Waals surface area contributed by atoms with Crippen molar-refractivity contribution in [3.05, 3.63) is 53.1 Å². The number of hydrogen-bond donors (Lipinski definition) is 2. The first-order chi connectivity index (χ1) is 12.4. The highest BCUT2D eigenvalue weighted by Gasteiger charge is 2.70. The number of hydrogen-bond acceptors (Lipinski definition) is 6. The number of aliphatic hydroxyl groups excluding tert-OH is 2. The standard InChI is InChI=1S/C18H17ClO6S/c19-12-2-4-13(5-3-12)26(22,23)17-16(18(17,8-20)9-21)11-1-6-14-15(7-11)25-10-24-14/h1-7,16-17,20-21H,8-10H2/t16-,17-/m0/s1. The molecule has 2 atom stereocenters. The third-order valence-corrected chi connectivity index (χ3v) is 7.79. The van der Waals surface area contributed by atoms with Crippen molar-refractivity contribution >= 4 is 21.4 Å². The molecule has 2 aliphatic rings. The van der Waals surface area contributed by atoms with Gasteiger partial charge < -0.3 is 19.7 Å². The van der Waals surface area contributed by atoms with E-state index in [1.54, 1.807) is 18.2 Å². The van der Waals surface area contributed by atoms with Crippen molar-refractivity contribution in [2.24, 2.45) is 5.41 Å². The molecule has 8 heteroatoms. The Labute approximate surface area is 155 Å². The molecule has 0 aromatic heterocycles. The quantitative estimate of drug-likeness (QED) is 0.802. The summed E-state index contributed by atoms with van der Waals surface area (Å²) in [5.74, 6) is 0.569. The van der Waals surface area contributed by atoms with E-state index in [1.807, 2.05) is 0 Å². The number of rotatable bonds is 5. The second-order valence-corrected chi connectivity index (χ2v) is 9.07. The number of sulfone groups is 1. The number of halogens is 1. The Hall–Kier alpha value is -1.80. The van der Waals surface area contributed by atoms with Crippen molar-refractivity contribution in [3.63, 3.8) is 0 Å². The lowest BCUT2D eigenvalue weighted by atomic mass is 10.0. The molecule has 0 saturated heterocycles. The van der Waals surface area contributed by atoms with E-state index in [2.05, 4.69) is 0 Å². The lowest BCUT2D eigenvalue weighted by molar-refractivity contribution is 0.130. The second-order valence-electron chi connectivity index (χ2n) is 6.56. The minimum absolute atomic E-state index is 0.112. The largest absolute Gasteiger partial charge is 0.454 e. The molecule has 2 aromatic rings. The lowest BCUT2D eigenvalue weighted by Crippen LogP contribution is -2.23. The van der Waals surface area contributed by atoms with Gasteiger partial charge in [0.25, 0.3) is 0 Å². The molecule has 0 bridgehead atoms. The van der Waals surface area contributed by atoms with Gasteiger partial charge in [-0.3, -0.25) is 0 Å². The molecule has 2 N–H and O–H groups in total. The van der Waals surface area contributed by atoms with Crippen molar-refractivity contribution in [1.29, 1.82) is 0 Å². The third-order valence-electron chi connectivity index (χ3n) is 5.20. The van der Waals surface area contributed by atoms with Crippen LogP contribution in [0.3, 0.4) is 0 Å². The van der Waals surface area contributed by atoms with E-state index in [-0.39, 0.29) is 11.7 Å². The highest BCUT2D eigenvalue weighted by molar-refractivity contribution is 7.92. The molecule has 138 valence electrons. The van der Waals surface area contributed by atoms with Crippen LogP contribution < -0.4 is 9.47 Å². The zero-order valence-corrected chi connectivity index (χ0v) is 15.2. The Bertz CT molecular complexity index is 937. The van der Waals surface area contributed by atoms with Crippen LogP contribution in [-0.2, 0) is 9.84 Å². The number of ether oxygens (including phenoxy) is 2. The molecule has 1 heterocycles. The van der Waals surface area contributed by atoms with Crippen molar-refractivity contribution in [2.75, 3.05) is 20.0 Å². The summed E-state index contributed by atoms with van der Waals surface area (Å²) in [7, 11) is -3.78. The zero-order chi connectivity index (χ0) is 18.5. The van der Waals surface area contributed by atoms with Crippen molar-refractivity contribution < 1.29 is 28.1 Å². The van der Waals surface area contributed by atoms with Crippen LogP contribution in [0.5, 0.6) is 11.5 Å². The van der Waals surface area contributed by atoms with Gasteiger partial charge in [-0.15, -0.1) is 0 Å². The van der Waals surface area contributed by atoms with Gasteiger partial charge >= 0.3 is 0 Å². The minimum atomic E-state index is -3.78. The Kier molecular flexibility index (Phi) is 4.15. The van der Waals surface area contributed by atoms with Crippen molar-refractivity contribution in [3.8, 4) is 11.5 Å². The van der Waals surface area contributed by atoms with Crippen LogP contribution in [0.2, 0.25) is 5.02 Å². The third kappa shape index (κ3) is 2.50. The summed E-state index contributed by atoms with van der Waals surface area (Å²) >= 11 is 5.85. The van der Waals surface area contributed by atoms with E-state index < -0.39 is 39.6 Å². The molecule has 0 spiro atoms. The molecule has 0 amide bonds. The summed E-state index contributed by atoms with van der Waals surface area (Å²) in [4.78, 5) is 0.112. The highest BCUT2D eigenvalue weighted by Crippen LogP contribution is 2.64. The van der Waals surface area contributed by atoms with Crippen molar-refractivity contribution in [1.82, 2.24) is 0 Å². The summed E-state index contributed by atoms with van der Waals surface area (Å²) in [6.07, 6.45) is 0. The van der Waals surface area contributed by atoms with Gasteiger partial charge in [0.1, 0.15) is 0 Å². The Balaban J connectivity index is 1.76. The predicted molar refractivity (Wildman–Crippen MR) is 94.3 cm³/mol. The van der Waals surface area contributed by atoms with Gasteiger partial charge in [-0.25, -0.2) is 8.42 Å². The number of benzene rings is 2. The van der Waals surface area contributed by atoms with E-state index in [0.717, 1.165) is 0 Å². The fourth-order valence-electron chi connectivity index (χ4n) is 3.75. The first kappa shape index (κ1) is 17.6. The van der Waals surface area contributed by atoms with E-state index in [1.165, 1.54) is 24.3 Å². The molecule has 1 aliphatic carbocycles. The number of aliphatic hydroxyl groups is 2. The smallest absolute Gasteiger partial charge is 0.231 e. The molecule has 0 unspecified atom stereocenters. The maximum absolute atomic E-state index is 13.1. The van der Waals surface area contributed by atoms with Gasteiger partial charge in [-0.05, 0) is 42.0 Å². The van der Waals surface area contributed by atoms with Gasteiger partial charge in [-0.2, -0.15) is 0 Å². The molecule has 26 heavy (non-hydrogen) atoms. The van der Waals surface area contributed by atoms with E-state index in [9.17, 15) is 18.6 Å². The molecule has 1 fully saturated rings. The average Bonchev–Trinajstić information content (AvgIpc) is 3.12. The van der Waals surface area contributed by atoms with Crippen LogP contribution in [0.25, 0.3) is 0 Å². The van der Waals surface area contributed by atoms with Crippen LogP contribution in [0.1, 0.15) is 11.5 Å². The van der Waals surface area contributed by atoms with Crippen LogP contribution >= 0.6 is 11.6 Å². The fraction of sp³-hybridized carbons (Fsp3) is 0.333. The molecule has 1 saturated carbocycles. The molecule has 6 nitrogen and oxygen atoms in total. The Morgan fingerprint density at radius 2 is 1.69 bits per heavy atom. The topological polar surface area (TPSA) is 93.1 Å². The van der Waals surface area contributed by atoms with Gasteiger partial charge in [0.15, 0.2) is 21.3 Å². The van der Waals surface area contributed by atoms with Crippen LogP contribution in [-0.4, -0.2) is 43.9 Å². The summed E-state index contributed by atoms with van der Waals surface area (Å²) in [6.45, 7) is -0.776. The number of fused-ring (bicyclic) bond motifs is 1. The second kappa shape index (κ2) is 6.13. The minimum Gasteiger partial charge on any atom is -0.454 e. The highest BCUT2D eigenvalue weighted by atomic mass is 35.5. The van der Waals surface area contributed by atoms with Crippen LogP contribution in [0.4, 0.5) is 0 Å².